The van der Waals surface area contributed by atoms with Gasteiger partial charge in [0.2, 0.25) is 0 Å². The first-order valence-electron chi connectivity index (χ1n) is 7.34. The summed E-state index contributed by atoms with van der Waals surface area (Å²) >= 11 is 0. The van der Waals surface area contributed by atoms with Gasteiger partial charge < -0.3 is 5.32 Å². The van der Waals surface area contributed by atoms with E-state index in [9.17, 15) is 0 Å². The highest BCUT2D eigenvalue weighted by Gasteiger charge is 2.29. The van der Waals surface area contributed by atoms with E-state index in [-0.39, 0.29) is 11.0 Å². The molecule has 0 spiro atoms. The van der Waals surface area contributed by atoms with Gasteiger partial charge in [-0.05, 0) is 30.4 Å². The van der Waals surface area contributed by atoms with Crippen molar-refractivity contribution >= 4 is 0 Å². The van der Waals surface area contributed by atoms with Crippen LogP contribution in [-0.4, -0.2) is 30.1 Å². The van der Waals surface area contributed by atoms with Crippen molar-refractivity contribution in [3.8, 4) is 0 Å². The maximum atomic E-state index is 3.48. The zero-order valence-electron chi connectivity index (χ0n) is 13.1. The van der Waals surface area contributed by atoms with Gasteiger partial charge in [-0.2, -0.15) is 0 Å². The van der Waals surface area contributed by atoms with Crippen LogP contribution in [0.5, 0.6) is 0 Å². The van der Waals surface area contributed by atoms with Gasteiger partial charge in [-0.3, -0.25) is 4.90 Å². The Bertz CT molecular complexity index is 412. The molecule has 1 N–H and O–H groups in total. The number of rotatable bonds is 2. The van der Waals surface area contributed by atoms with Crippen molar-refractivity contribution in [3.05, 3.63) is 35.4 Å². The van der Waals surface area contributed by atoms with Crippen molar-refractivity contribution in [2.24, 2.45) is 0 Å². The second-order valence-corrected chi connectivity index (χ2v) is 7.36. The first-order valence-corrected chi connectivity index (χ1v) is 7.34. The molecule has 2 heteroatoms. The maximum absolute atomic E-state index is 3.48. The summed E-state index contributed by atoms with van der Waals surface area (Å²) in [6.45, 7) is 15.8. The summed E-state index contributed by atoms with van der Waals surface area (Å²) in [6, 6.07) is 9.15. The van der Waals surface area contributed by atoms with Crippen molar-refractivity contribution < 1.29 is 0 Å². The molecule has 1 heterocycles. The molecule has 1 aromatic rings. The van der Waals surface area contributed by atoms with E-state index in [0.717, 1.165) is 26.2 Å². The summed E-state index contributed by atoms with van der Waals surface area (Å²) in [5.41, 5.74) is 3.33. The van der Waals surface area contributed by atoms with Gasteiger partial charge in [-0.25, -0.2) is 0 Å². The summed E-state index contributed by atoms with van der Waals surface area (Å²) in [6.07, 6.45) is 0. The average Bonchev–Trinajstić information content (AvgIpc) is 2.31. The van der Waals surface area contributed by atoms with Crippen molar-refractivity contribution in [1.82, 2.24) is 10.2 Å². The number of nitrogens with one attached hydrogen (secondary N) is 1. The first kappa shape index (κ1) is 14.5. The highest BCUT2D eigenvalue weighted by atomic mass is 15.2. The lowest BCUT2D eigenvalue weighted by Crippen LogP contribution is -2.57. The molecule has 2 rings (SSSR count). The molecular formula is C17H28N2. The van der Waals surface area contributed by atoms with Crippen LogP contribution in [0, 0.1) is 0 Å². The van der Waals surface area contributed by atoms with Crippen molar-refractivity contribution in [2.45, 2.75) is 52.1 Å². The van der Waals surface area contributed by atoms with Crippen molar-refractivity contribution in [1.29, 1.82) is 0 Å². The average molecular weight is 260 g/mol. The van der Waals surface area contributed by atoms with Crippen molar-refractivity contribution in [3.63, 3.8) is 0 Å². The fourth-order valence-corrected chi connectivity index (χ4v) is 2.65. The zero-order chi connectivity index (χ0) is 14.1. The Kier molecular flexibility index (Phi) is 4.03. The number of piperazine rings is 1. The fraction of sp³-hybridized carbons (Fsp3) is 0.647. The molecule has 106 valence electrons. The van der Waals surface area contributed by atoms with Crippen LogP contribution in [0.3, 0.4) is 0 Å². The molecular weight excluding hydrogens is 232 g/mol. The summed E-state index contributed by atoms with van der Waals surface area (Å²) in [7, 11) is 0. The van der Waals surface area contributed by atoms with Gasteiger partial charge in [0.1, 0.15) is 0 Å². The topological polar surface area (TPSA) is 15.3 Å². The molecule has 1 aliphatic heterocycles. The van der Waals surface area contributed by atoms with Crippen LogP contribution in [0.4, 0.5) is 0 Å². The third-order valence-electron chi connectivity index (χ3n) is 4.17. The molecule has 0 saturated carbocycles. The second-order valence-electron chi connectivity index (χ2n) is 7.36. The van der Waals surface area contributed by atoms with E-state index >= 15 is 0 Å². The molecule has 19 heavy (non-hydrogen) atoms. The molecule has 0 bridgehead atoms. The van der Waals surface area contributed by atoms with Crippen molar-refractivity contribution in [2.75, 3.05) is 19.6 Å². The third kappa shape index (κ3) is 3.58. The monoisotopic (exact) mass is 260 g/mol. The van der Waals surface area contributed by atoms with Gasteiger partial charge in [0.15, 0.2) is 0 Å². The van der Waals surface area contributed by atoms with E-state index in [1.165, 1.54) is 11.1 Å². The van der Waals surface area contributed by atoms with Crippen LogP contribution in [0.2, 0.25) is 0 Å². The van der Waals surface area contributed by atoms with Crippen LogP contribution < -0.4 is 5.32 Å². The van der Waals surface area contributed by atoms with Gasteiger partial charge in [0.05, 0.1) is 0 Å². The molecule has 0 radical (unpaired) electrons. The molecule has 1 aliphatic rings. The molecule has 0 amide bonds. The second kappa shape index (κ2) is 5.26. The lowest BCUT2D eigenvalue weighted by molar-refractivity contribution is 0.0827. The summed E-state index contributed by atoms with van der Waals surface area (Å²) in [4.78, 5) is 2.58. The van der Waals surface area contributed by atoms with Gasteiger partial charge in [0, 0.05) is 31.7 Å². The molecule has 2 nitrogen and oxygen atoms in total. The van der Waals surface area contributed by atoms with E-state index < -0.39 is 0 Å². The Labute approximate surface area is 118 Å². The molecule has 0 atom stereocenters. The quantitative estimate of drug-likeness (QED) is 0.878. The predicted octanol–water partition coefficient (Wildman–Crippen LogP) is 3.17. The Hall–Kier alpha value is -0.860. The number of hydrogen-bond acceptors (Lipinski definition) is 2. The molecule has 0 aliphatic carbocycles. The predicted molar refractivity (Wildman–Crippen MR) is 82.5 cm³/mol. The minimum absolute atomic E-state index is 0.243. The Morgan fingerprint density at radius 2 is 1.79 bits per heavy atom. The van der Waals surface area contributed by atoms with Crippen LogP contribution in [-0.2, 0) is 12.0 Å². The minimum Gasteiger partial charge on any atom is -0.314 e. The lowest BCUT2D eigenvalue weighted by atomic mass is 9.86. The van der Waals surface area contributed by atoms with Crippen LogP contribution in [0.1, 0.15) is 45.7 Å². The van der Waals surface area contributed by atoms with Gasteiger partial charge in [0.25, 0.3) is 0 Å². The van der Waals surface area contributed by atoms with E-state index in [4.69, 9.17) is 0 Å². The lowest BCUT2D eigenvalue weighted by Gasteiger charge is -2.43. The largest absolute Gasteiger partial charge is 0.314 e. The smallest absolute Gasteiger partial charge is 0.0281 e. The van der Waals surface area contributed by atoms with Crippen LogP contribution >= 0.6 is 0 Å². The maximum Gasteiger partial charge on any atom is 0.0281 e. The summed E-state index contributed by atoms with van der Waals surface area (Å²) < 4.78 is 0. The molecule has 1 saturated heterocycles. The summed E-state index contributed by atoms with van der Waals surface area (Å²) in [5, 5.41) is 3.48. The normalized spacial score (nSPS) is 20.5. The van der Waals surface area contributed by atoms with Crippen LogP contribution in [0.15, 0.2) is 24.3 Å². The molecule has 1 fully saturated rings. The number of benzene rings is 1. The van der Waals surface area contributed by atoms with E-state index in [1.54, 1.807) is 0 Å². The number of hydrogen-bond donors (Lipinski definition) is 1. The Balaban J connectivity index is 2.07. The van der Waals surface area contributed by atoms with E-state index in [1.807, 2.05) is 0 Å². The van der Waals surface area contributed by atoms with E-state index in [0.29, 0.717) is 0 Å². The highest BCUT2D eigenvalue weighted by Crippen LogP contribution is 2.24. The third-order valence-corrected chi connectivity index (χ3v) is 4.17. The SMILES string of the molecule is CC(C)(C)c1ccc(CN2CCNCC2(C)C)cc1. The van der Waals surface area contributed by atoms with Gasteiger partial charge in [-0.1, -0.05) is 45.0 Å². The first-order chi connectivity index (χ1) is 8.79. The summed E-state index contributed by atoms with van der Waals surface area (Å²) in [5.74, 6) is 0. The standard InChI is InChI=1S/C17H28N2/c1-16(2,3)15-8-6-14(7-9-15)12-19-11-10-18-13-17(19,4)5/h6-9,18H,10-13H2,1-5H3. The minimum atomic E-state index is 0.243. The zero-order valence-corrected chi connectivity index (χ0v) is 13.1. The fourth-order valence-electron chi connectivity index (χ4n) is 2.65. The van der Waals surface area contributed by atoms with Gasteiger partial charge >= 0.3 is 0 Å². The number of nitrogens with zero attached hydrogens (tertiary/aromatic N) is 1. The van der Waals surface area contributed by atoms with Gasteiger partial charge in [-0.15, -0.1) is 0 Å². The molecule has 0 aromatic heterocycles. The van der Waals surface area contributed by atoms with Crippen LogP contribution in [0.25, 0.3) is 0 Å². The molecule has 1 aromatic carbocycles. The molecule has 0 unspecified atom stereocenters. The Morgan fingerprint density at radius 1 is 1.16 bits per heavy atom. The van der Waals surface area contributed by atoms with E-state index in [2.05, 4.69) is 69.1 Å². The highest BCUT2D eigenvalue weighted by molar-refractivity contribution is 5.27. The Morgan fingerprint density at radius 3 is 2.32 bits per heavy atom.